The highest BCUT2D eigenvalue weighted by atomic mass is 35.5. The number of hydrogen-bond donors (Lipinski definition) is 0. The Balaban J connectivity index is 2.54. The zero-order chi connectivity index (χ0) is 11.7. The molecule has 0 aliphatic carbocycles. The van der Waals surface area contributed by atoms with E-state index in [9.17, 15) is 4.79 Å². The van der Waals surface area contributed by atoms with Crippen molar-refractivity contribution in [1.82, 2.24) is 0 Å². The average Bonchev–Trinajstić information content (AvgIpc) is 2.55. The molecule has 0 N–H and O–H groups in total. The maximum Gasteiger partial charge on any atom is 0.310 e. The lowest BCUT2D eigenvalue weighted by atomic mass is 10.1. The van der Waals surface area contributed by atoms with E-state index in [4.69, 9.17) is 23.2 Å². The second-order valence-corrected chi connectivity index (χ2v) is 5.34. The molecule has 0 atom stereocenters. The van der Waals surface area contributed by atoms with Gasteiger partial charge in [-0.25, -0.2) is 0 Å². The molecule has 0 saturated carbocycles. The van der Waals surface area contributed by atoms with Crippen molar-refractivity contribution in [3.63, 3.8) is 0 Å². The van der Waals surface area contributed by atoms with Crippen molar-refractivity contribution in [2.45, 2.75) is 6.42 Å². The SMILES string of the molecule is COC(=O)Cc1c(Cl)sc2ccc(Cl)cc12. The lowest BCUT2D eigenvalue weighted by Crippen LogP contribution is -2.04. The minimum Gasteiger partial charge on any atom is -0.469 e. The quantitative estimate of drug-likeness (QED) is 0.776. The van der Waals surface area contributed by atoms with Crippen LogP contribution in [0, 0.1) is 0 Å². The molecular formula is C11H8Cl2O2S. The van der Waals surface area contributed by atoms with Crippen LogP contribution in [0.4, 0.5) is 0 Å². The summed E-state index contributed by atoms with van der Waals surface area (Å²) < 4.78 is 6.27. The monoisotopic (exact) mass is 274 g/mol. The normalized spacial score (nSPS) is 10.7. The molecule has 0 unspecified atom stereocenters. The van der Waals surface area contributed by atoms with Crippen LogP contribution >= 0.6 is 34.5 Å². The van der Waals surface area contributed by atoms with Crippen molar-refractivity contribution in [2.75, 3.05) is 7.11 Å². The van der Waals surface area contributed by atoms with Gasteiger partial charge in [0, 0.05) is 15.3 Å². The molecule has 0 saturated heterocycles. The van der Waals surface area contributed by atoms with Crippen LogP contribution in [-0.4, -0.2) is 13.1 Å². The molecular weight excluding hydrogens is 267 g/mol. The Hall–Kier alpha value is -0.770. The average molecular weight is 275 g/mol. The van der Waals surface area contributed by atoms with E-state index in [-0.39, 0.29) is 12.4 Å². The molecule has 2 aromatic rings. The molecule has 0 spiro atoms. The number of rotatable bonds is 2. The molecule has 1 aromatic heterocycles. The number of halogens is 2. The maximum absolute atomic E-state index is 11.3. The van der Waals surface area contributed by atoms with Crippen molar-refractivity contribution in [2.24, 2.45) is 0 Å². The summed E-state index contributed by atoms with van der Waals surface area (Å²) in [6.07, 6.45) is 0.176. The minimum absolute atomic E-state index is 0.176. The predicted molar refractivity (Wildman–Crippen MR) is 67.6 cm³/mol. The third-order valence-corrected chi connectivity index (χ3v) is 3.95. The standard InChI is InChI=1S/C11H8Cl2O2S/c1-15-10(14)5-8-7-4-6(12)2-3-9(7)16-11(8)13/h2-4H,5H2,1H3. The van der Waals surface area contributed by atoms with Gasteiger partial charge in [-0.3, -0.25) is 4.79 Å². The number of fused-ring (bicyclic) bond motifs is 1. The highest BCUT2D eigenvalue weighted by Gasteiger charge is 2.14. The van der Waals surface area contributed by atoms with Gasteiger partial charge < -0.3 is 4.74 Å². The fourth-order valence-corrected chi connectivity index (χ4v) is 2.99. The minimum atomic E-state index is -0.304. The molecule has 1 aromatic carbocycles. The first-order chi connectivity index (χ1) is 7.61. The van der Waals surface area contributed by atoms with Gasteiger partial charge in [-0.15, -0.1) is 11.3 Å². The van der Waals surface area contributed by atoms with Crippen molar-refractivity contribution in [3.8, 4) is 0 Å². The Kier molecular flexibility index (Phi) is 3.38. The topological polar surface area (TPSA) is 26.3 Å². The zero-order valence-electron chi connectivity index (χ0n) is 8.42. The van der Waals surface area contributed by atoms with Crippen LogP contribution in [0.1, 0.15) is 5.56 Å². The van der Waals surface area contributed by atoms with Gasteiger partial charge in [0.1, 0.15) is 0 Å². The Bertz CT molecular complexity index is 548. The van der Waals surface area contributed by atoms with Gasteiger partial charge >= 0.3 is 5.97 Å². The number of thiophene rings is 1. The molecule has 2 nitrogen and oxygen atoms in total. The van der Waals surface area contributed by atoms with Gasteiger partial charge in [-0.2, -0.15) is 0 Å². The van der Waals surface area contributed by atoms with E-state index >= 15 is 0 Å². The third kappa shape index (κ3) is 2.17. The summed E-state index contributed by atoms with van der Waals surface area (Å²) >= 11 is 13.4. The fraction of sp³-hybridized carbons (Fsp3) is 0.182. The Morgan fingerprint density at radius 1 is 1.44 bits per heavy atom. The Morgan fingerprint density at radius 2 is 2.19 bits per heavy atom. The number of hydrogen-bond acceptors (Lipinski definition) is 3. The molecule has 0 fully saturated rings. The molecule has 16 heavy (non-hydrogen) atoms. The van der Waals surface area contributed by atoms with Crippen LogP contribution in [0.25, 0.3) is 10.1 Å². The van der Waals surface area contributed by atoms with Gasteiger partial charge in [0.25, 0.3) is 0 Å². The van der Waals surface area contributed by atoms with E-state index in [0.717, 1.165) is 15.6 Å². The summed E-state index contributed by atoms with van der Waals surface area (Å²) in [4.78, 5) is 11.3. The van der Waals surface area contributed by atoms with Gasteiger partial charge in [-0.05, 0) is 23.6 Å². The molecule has 5 heteroatoms. The van der Waals surface area contributed by atoms with E-state index in [0.29, 0.717) is 9.36 Å². The first kappa shape index (κ1) is 11.7. The van der Waals surface area contributed by atoms with E-state index in [1.807, 2.05) is 12.1 Å². The van der Waals surface area contributed by atoms with Crippen LogP contribution in [0.3, 0.4) is 0 Å². The van der Waals surface area contributed by atoms with Crippen LogP contribution in [-0.2, 0) is 16.0 Å². The van der Waals surface area contributed by atoms with Crippen LogP contribution < -0.4 is 0 Å². The van der Waals surface area contributed by atoms with Crippen molar-refractivity contribution >= 4 is 50.6 Å². The van der Waals surface area contributed by atoms with E-state index in [1.54, 1.807) is 6.07 Å². The summed E-state index contributed by atoms with van der Waals surface area (Å²) in [7, 11) is 1.36. The largest absolute Gasteiger partial charge is 0.469 e. The number of benzene rings is 1. The number of carbonyl (C=O) groups is 1. The van der Waals surface area contributed by atoms with Gasteiger partial charge in [0.05, 0.1) is 17.9 Å². The highest BCUT2D eigenvalue weighted by Crippen LogP contribution is 2.36. The van der Waals surface area contributed by atoms with E-state index in [2.05, 4.69) is 4.74 Å². The highest BCUT2D eigenvalue weighted by molar-refractivity contribution is 7.23. The summed E-state index contributed by atoms with van der Waals surface area (Å²) in [5, 5.41) is 1.56. The smallest absolute Gasteiger partial charge is 0.310 e. The number of methoxy groups -OCH3 is 1. The first-order valence-electron chi connectivity index (χ1n) is 4.55. The first-order valence-corrected chi connectivity index (χ1v) is 6.12. The van der Waals surface area contributed by atoms with Gasteiger partial charge in [0.2, 0.25) is 0 Å². The van der Waals surface area contributed by atoms with E-state index in [1.165, 1.54) is 18.4 Å². The molecule has 0 bridgehead atoms. The molecule has 0 aliphatic rings. The predicted octanol–water partition coefficient (Wildman–Crippen LogP) is 3.92. The molecule has 0 radical (unpaired) electrons. The fourth-order valence-electron chi connectivity index (χ4n) is 1.47. The molecule has 0 amide bonds. The summed E-state index contributed by atoms with van der Waals surface area (Å²) in [6.45, 7) is 0. The lowest BCUT2D eigenvalue weighted by molar-refractivity contribution is -0.139. The second kappa shape index (κ2) is 4.62. The number of carbonyl (C=O) groups excluding carboxylic acids is 1. The van der Waals surface area contributed by atoms with Crippen molar-refractivity contribution < 1.29 is 9.53 Å². The van der Waals surface area contributed by atoms with Crippen molar-refractivity contribution in [1.29, 1.82) is 0 Å². The maximum atomic E-state index is 11.3. The van der Waals surface area contributed by atoms with E-state index < -0.39 is 0 Å². The molecule has 84 valence electrons. The van der Waals surface area contributed by atoms with Gasteiger partial charge in [0.15, 0.2) is 0 Å². The van der Waals surface area contributed by atoms with Crippen LogP contribution in [0.2, 0.25) is 9.36 Å². The summed E-state index contributed by atoms with van der Waals surface area (Å²) in [6, 6.07) is 5.52. The van der Waals surface area contributed by atoms with Crippen molar-refractivity contribution in [3.05, 3.63) is 33.1 Å². The third-order valence-electron chi connectivity index (χ3n) is 2.25. The number of ether oxygens (including phenoxy) is 1. The van der Waals surface area contributed by atoms with Gasteiger partial charge in [-0.1, -0.05) is 23.2 Å². The molecule has 2 rings (SSSR count). The van der Waals surface area contributed by atoms with Crippen LogP contribution in [0.5, 0.6) is 0 Å². The summed E-state index contributed by atoms with van der Waals surface area (Å²) in [5.41, 5.74) is 0.788. The number of esters is 1. The summed E-state index contributed by atoms with van der Waals surface area (Å²) in [5.74, 6) is -0.304. The Labute approximate surface area is 107 Å². The zero-order valence-corrected chi connectivity index (χ0v) is 10.7. The van der Waals surface area contributed by atoms with Crippen LogP contribution in [0.15, 0.2) is 18.2 Å². The Morgan fingerprint density at radius 3 is 2.88 bits per heavy atom. The lowest BCUT2D eigenvalue weighted by Gasteiger charge is -1.99. The molecule has 1 heterocycles. The molecule has 0 aliphatic heterocycles. The second-order valence-electron chi connectivity index (χ2n) is 3.25.